The van der Waals surface area contributed by atoms with Crippen LogP contribution in [-0.2, 0) is 11.2 Å². The van der Waals surface area contributed by atoms with E-state index in [0.29, 0.717) is 11.1 Å². The van der Waals surface area contributed by atoms with Crippen molar-refractivity contribution < 1.29 is 9.21 Å². The number of hydrogen-bond donors (Lipinski definition) is 1. The van der Waals surface area contributed by atoms with Gasteiger partial charge in [-0.3, -0.25) is 4.98 Å². The first-order valence-electron chi connectivity index (χ1n) is 3.85. The highest BCUT2D eigenvalue weighted by Gasteiger charge is 2.04. The van der Waals surface area contributed by atoms with Crippen LogP contribution in [0.2, 0.25) is 0 Å². The summed E-state index contributed by atoms with van der Waals surface area (Å²) in [6, 6.07) is 5.26. The van der Waals surface area contributed by atoms with Crippen molar-refractivity contribution in [3.63, 3.8) is 0 Å². The number of aromatic nitrogens is 1. The maximum absolute atomic E-state index is 10.8. The molecule has 66 valence electrons. The van der Waals surface area contributed by atoms with Crippen molar-refractivity contribution in [2.24, 2.45) is 0 Å². The molecule has 0 spiro atoms. The van der Waals surface area contributed by atoms with Gasteiger partial charge in [0, 0.05) is 12.0 Å². The molecule has 4 heteroatoms. The Kier molecular flexibility index (Phi) is 1.73. The summed E-state index contributed by atoms with van der Waals surface area (Å²) in [5.74, 6) is -0.492. The van der Waals surface area contributed by atoms with Crippen molar-refractivity contribution in [3.8, 4) is 0 Å². The molecule has 2 rings (SSSR count). The first-order chi connectivity index (χ1) is 6.31. The van der Waals surface area contributed by atoms with Crippen LogP contribution in [0.5, 0.6) is 0 Å². The molecule has 0 atom stereocenters. The van der Waals surface area contributed by atoms with Crippen molar-refractivity contribution in [3.05, 3.63) is 34.3 Å². The third-order valence-electron chi connectivity index (χ3n) is 1.83. The second-order valence-corrected chi connectivity index (χ2v) is 2.68. The molecule has 0 saturated carbocycles. The lowest BCUT2D eigenvalue weighted by atomic mass is 10.1. The van der Waals surface area contributed by atoms with Gasteiger partial charge in [0.2, 0.25) is 0 Å². The van der Waals surface area contributed by atoms with Crippen molar-refractivity contribution in [2.45, 2.75) is 6.42 Å². The Labute approximate surface area is 73.2 Å². The first-order valence-corrected chi connectivity index (χ1v) is 3.85. The van der Waals surface area contributed by atoms with Gasteiger partial charge in [-0.05, 0) is 6.07 Å². The highest BCUT2D eigenvalue weighted by Crippen LogP contribution is 2.14. The van der Waals surface area contributed by atoms with Crippen LogP contribution in [0.3, 0.4) is 0 Å². The standard InChI is InChI=1S/C9H7NO3/c11-5-4-6-2-1-3-7-8(6)13-9(12)10-7/h1-3,5H,4H2,(H,10,12). The van der Waals surface area contributed by atoms with Crippen molar-refractivity contribution in [1.82, 2.24) is 4.98 Å². The monoisotopic (exact) mass is 177 g/mol. The van der Waals surface area contributed by atoms with E-state index in [2.05, 4.69) is 4.98 Å². The zero-order valence-electron chi connectivity index (χ0n) is 6.74. The van der Waals surface area contributed by atoms with Crippen LogP contribution < -0.4 is 5.76 Å². The van der Waals surface area contributed by atoms with E-state index in [0.717, 1.165) is 11.8 Å². The largest absolute Gasteiger partial charge is 0.417 e. The first kappa shape index (κ1) is 7.79. The van der Waals surface area contributed by atoms with Crippen molar-refractivity contribution >= 4 is 17.4 Å². The average Bonchev–Trinajstić information content (AvgIpc) is 2.47. The quantitative estimate of drug-likeness (QED) is 0.692. The van der Waals surface area contributed by atoms with E-state index in [1.165, 1.54) is 0 Å². The van der Waals surface area contributed by atoms with Gasteiger partial charge in [-0.15, -0.1) is 0 Å². The van der Waals surface area contributed by atoms with E-state index in [1.54, 1.807) is 18.2 Å². The molecular formula is C9H7NO3. The Morgan fingerprint density at radius 1 is 1.46 bits per heavy atom. The maximum Gasteiger partial charge on any atom is 0.417 e. The summed E-state index contributed by atoms with van der Waals surface area (Å²) in [7, 11) is 0. The second kappa shape index (κ2) is 2.90. The molecular weight excluding hydrogens is 170 g/mol. The summed E-state index contributed by atoms with van der Waals surface area (Å²) in [6.45, 7) is 0. The van der Waals surface area contributed by atoms with Crippen molar-refractivity contribution in [2.75, 3.05) is 0 Å². The smallest absolute Gasteiger partial charge is 0.408 e. The highest BCUT2D eigenvalue weighted by molar-refractivity contribution is 5.78. The molecule has 0 radical (unpaired) electrons. The number of carbonyl (C=O) groups excluding carboxylic acids is 1. The molecule has 0 aliphatic rings. The minimum atomic E-state index is -0.492. The number of carbonyl (C=O) groups is 1. The predicted molar refractivity (Wildman–Crippen MR) is 46.6 cm³/mol. The molecule has 0 saturated heterocycles. The van der Waals surface area contributed by atoms with Gasteiger partial charge in [0.05, 0.1) is 5.52 Å². The average molecular weight is 177 g/mol. The van der Waals surface area contributed by atoms with Gasteiger partial charge in [-0.2, -0.15) is 0 Å². The number of aromatic amines is 1. The van der Waals surface area contributed by atoms with E-state index in [9.17, 15) is 9.59 Å². The normalized spacial score (nSPS) is 10.5. The molecule has 0 aliphatic carbocycles. The Hall–Kier alpha value is -1.84. The third-order valence-corrected chi connectivity index (χ3v) is 1.83. The number of aldehydes is 1. The van der Waals surface area contributed by atoms with Crippen LogP contribution in [0.25, 0.3) is 11.1 Å². The third kappa shape index (κ3) is 1.26. The van der Waals surface area contributed by atoms with Crippen LogP contribution in [-0.4, -0.2) is 11.3 Å². The number of H-pyrrole nitrogens is 1. The number of para-hydroxylation sites is 1. The topological polar surface area (TPSA) is 63.1 Å². The van der Waals surface area contributed by atoms with Gasteiger partial charge in [-0.1, -0.05) is 12.1 Å². The molecule has 0 aliphatic heterocycles. The number of hydrogen-bond acceptors (Lipinski definition) is 3. The fourth-order valence-corrected chi connectivity index (χ4v) is 1.28. The van der Waals surface area contributed by atoms with E-state index in [4.69, 9.17) is 4.42 Å². The predicted octanol–water partition coefficient (Wildman–Crippen LogP) is 0.862. The molecule has 0 bridgehead atoms. The highest BCUT2D eigenvalue weighted by atomic mass is 16.4. The van der Waals surface area contributed by atoms with Crippen LogP contribution in [0.4, 0.5) is 0 Å². The van der Waals surface area contributed by atoms with Gasteiger partial charge in [-0.25, -0.2) is 4.79 Å². The molecule has 0 fully saturated rings. The van der Waals surface area contributed by atoms with Gasteiger partial charge < -0.3 is 9.21 Å². The van der Waals surface area contributed by atoms with Crippen LogP contribution >= 0.6 is 0 Å². The second-order valence-electron chi connectivity index (χ2n) is 2.68. The number of oxazole rings is 1. The SMILES string of the molecule is O=CCc1cccc2[nH]c(=O)oc12. The lowest BCUT2D eigenvalue weighted by molar-refractivity contribution is -0.107. The van der Waals surface area contributed by atoms with Crippen LogP contribution in [0.15, 0.2) is 27.4 Å². The Bertz CT molecular complexity index is 495. The lowest BCUT2D eigenvalue weighted by Gasteiger charge is -1.93. The molecule has 0 unspecified atom stereocenters. The molecule has 1 aromatic carbocycles. The fourth-order valence-electron chi connectivity index (χ4n) is 1.28. The zero-order chi connectivity index (χ0) is 9.26. The van der Waals surface area contributed by atoms with Gasteiger partial charge in [0.15, 0.2) is 5.58 Å². The summed E-state index contributed by atoms with van der Waals surface area (Å²) in [5, 5.41) is 0. The van der Waals surface area contributed by atoms with Gasteiger partial charge in [0.1, 0.15) is 6.29 Å². The number of benzene rings is 1. The molecule has 13 heavy (non-hydrogen) atoms. The van der Waals surface area contributed by atoms with E-state index in [-0.39, 0.29) is 6.42 Å². The van der Waals surface area contributed by atoms with E-state index >= 15 is 0 Å². The van der Waals surface area contributed by atoms with E-state index in [1.807, 2.05) is 0 Å². The minimum Gasteiger partial charge on any atom is -0.408 e. The summed E-state index contributed by atoms with van der Waals surface area (Å²) >= 11 is 0. The molecule has 0 amide bonds. The van der Waals surface area contributed by atoms with Crippen LogP contribution in [0.1, 0.15) is 5.56 Å². The van der Waals surface area contributed by atoms with Gasteiger partial charge in [0.25, 0.3) is 0 Å². The maximum atomic E-state index is 10.8. The molecule has 4 nitrogen and oxygen atoms in total. The van der Waals surface area contributed by atoms with Crippen molar-refractivity contribution in [1.29, 1.82) is 0 Å². The Morgan fingerprint density at radius 3 is 3.08 bits per heavy atom. The number of rotatable bonds is 2. The molecule has 1 N–H and O–H groups in total. The van der Waals surface area contributed by atoms with E-state index < -0.39 is 5.76 Å². The Morgan fingerprint density at radius 2 is 2.31 bits per heavy atom. The summed E-state index contributed by atoms with van der Waals surface area (Å²) in [4.78, 5) is 23.6. The number of nitrogens with one attached hydrogen (secondary N) is 1. The molecule has 2 aromatic rings. The lowest BCUT2D eigenvalue weighted by Crippen LogP contribution is -1.92. The molecule has 1 aromatic heterocycles. The summed E-state index contributed by atoms with van der Waals surface area (Å²) in [6.07, 6.45) is 1.04. The number of fused-ring (bicyclic) bond motifs is 1. The van der Waals surface area contributed by atoms with Gasteiger partial charge >= 0.3 is 5.76 Å². The minimum absolute atomic E-state index is 0.262. The van der Waals surface area contributed by atoms with Crippen LogP contribution in [0, 0.1) is 0 Å². The zero-order valence-corrected chi connectivity index (χ0v) is 6.74. The summed E-state index contributed by atoms with van der Waals surface area (Å²) in [5.41, 5.74) is 1.83. The Balaban J connectivity index is 2.74. The molecule has 1 heterocycles. The summed E-state index contributed by atoms with van der Waals surface area (Å²) < 4.78 is 4.88. The fraction of sp³-hybridized carbons (Fsp3) is 0.111.